The Bertz CT molecular complexity index is 403. The van der Waals surface area contributed by atoms with Crippen LogP contribution in [0.15, 0.2) is 12.1 Å². The fourth-order valence-corrected chi connectivity index (χ4v) is 1.37. The molecule has 0 unspecified atom stereocenters. The predicted octanol–water partition coefficient (Wildman–Crippen LogP) is 1.17. The minimum absolute atomic E-state index is 0.131. The van der Waals surface area contributed by atoms with E-state index in [4.69, 9.17) is 19.9 Å². The highest BCUT2D eigenvalue weighted by Crippen LogP contribution is 2.38. The molecule has 0 saturated heterocycles. The second kappa shape index (κ2) is 3.68. The average Bonchev–Trinajstić information content (AvgIpc) is 2.66. The summed E-state index contributed by atoms with van der Waals surface area (Å²) in [7, 11) is 0. The summed E-state index contributed by atoms with van der Waals surface area (Å²) in [4.78, 5) is 11.4. The molecule has 1 heterocycles. The lowest BCUT2D eigenvalue weighted by molar-refractivity contribution is 0.0526. The summed E-state index contributed by atoms with van der Waals surface area (Å²) in [6.07, 6.45) is 0. The molecule has 1 aromatic carbocycles. The summed E-state index contributed by atoms with van der Waals surface area (Å²) in [5, 5.41) is 0. The Morgan fingerprint density at radius 3 is 3.07 bits per heavy atom. The van der Waals surface area contributed by atoms with Gasteiger partial charge in [0.2, 0.25) is 6.79 Å². The van der Waals surface area contributed by atoms with E-state index in [1.807, 2.05) is 0 Å². The predicted molar refractivity (Wildman–Crippen MR) is 52.9 cm³/mol. The Labute approximate surface area is 86.7 Å². The van der Waals surface area contributed by atoms with Gasteiger partial charge in [0.15, 0.2) is 11.5 Å². The second-order valence-corrected chi connectivity index (χ2v) is 3.02. The minimum atomic E-state index is -0.414. The molecule has 0 radical (unpaired) electrons. The smallest absolute Gasteiger partial charge is 0.338 e. The molecule has 5 nitrogen and oxygen atoms in total. The van der Waals surface area contributed by atoms with Gasteiger partial charge in [-0.05, 0) is 19.1 Å². The maximum atomic E-state index is 11.4. The minimum Gasteiger partial charge on any atom is -0.462 e. The first-order chi connectivity index (χ1) is 7.22. The van der Waals surface area contributed by atoms with Crippen molar-refractivity contribution in [3.63, 3.8) is 0 Å². The number of rotatable bonds is 2. The van der Waals surface area contributed by atoms with Gasteiger partial charge in [-0.25, -0.2) is 4.79 Å². The molecule has 0 amide bonds. The van der Waals surface area contributed by atoms with Gasteiger partial charge in [0.25, 0.3) is 0 Å². The highest BCUT2D eigenvalue weighted by molar-refractivity contribution is 5.92. The zero-order chi connectivity index (χ0) is 10.8. The standard InChI is InChI=1S/C10H11NO4/c1-2-13-10(12)6-3-7(11)9-8(4-6)14-5-15-9/h3-4H,2,5,11H2,1H3. The van der Waals surface area contributed by atoms with Crippen LogP contribution in [0.1, 0.15) is 17.3 Å². The molecule has 0 fully saturated rings. The van der Waals surface area contributed by atoms with Crippen LogP contribution in [0.25, 0.3) is 0 Å². The number of carbonyl (C=O) groups is 1. The van der Waals surface area contributed by atoms with Crippen LogP contribution in [0.5, 0.6) is 11.5 Å². The highest BCUT2D eigenvalue weighted by Gasteiger charge is 2.20. The average molecular weight is 209 g/mol. The van der Waals surface area contributed by atoms with Crippen molar-refractivity contribution in [3.8, 4) is 11.5 Å². The monoisotopic (exact) mass is 209 g/mol. The number of hydrogen-bond donors (Lipinski definition) is 1. The first-order valence-corrected chi connectivity index (χ1v) is 4.58. The van der Waals surface area contributed by atoms with E-state index in [2.05, 4.69) is 0 Å². The number of esters is 1. The molecule has 1 aliphatic rings. The van der Waals surface area contributed by atoms with Gasteiger partial charge in [0.05, 0.1) is 17.9 Å². The topological polar surface area (TPSA) is 70.8 Å². The first-order valence-electron chi connectivity index (χ1n) is 4.58. The summed E-state index contributed by atoms with van der Waals surface area (Å²) >= 11 is 0. The lowest BCUT2D eigenvalue weighted by atomic mass is 10.2. The molecule has 0 aliphatic carbocycles. The van der Waals surface area contributed by atoms with E-state index in [0.717, 1.165) is 0 Å². The zero-order valence-electron chi connectivity index (χ0n) is 8.28. The normalized spacial score (nSPS) is 12.6. The lowest BCUT2D eigenvalue weighted by Crippen LogP contribution is -2.05. The largest absolute Gasteiger partial charge is 0.462 e. The van der Waals surface area contributed by atoms with Crippen LogP contribution < -0.4 is 15.2 Å². The summed E-state index contributed by atoms with van der Waals surface area (Å²) in [6, 6.07) is 3.09. The second-order valence-electron chi connectivity index (χ2n) is 3.02. The third-order valence-corrected chi connectivity index (χ3v) is 2.01. The zero-order valence-corrected chi connectivity index (χ0v) is 8.28. The molecule has 0 spiro atoms. The van der Waals surface area contributed by atoms with Crippen LogP contribution in [0.4, 0.5) is 5.69 Å². The number of benzene rings is 1. The fraction of sp³-hybridized carbons (Fsp3) is 0.300. The van der Waals surface area contributed by atoms with Gasteiger partial charge in [-0.1, -0.05) is 0 Å². The molecular weight excluding hydrogens is 198 g/mol. The van der Waals surface area contributed by atoms with Gasteiger partial charge in [0, 0.05) is 0 Å². The molecule has 0 saturated carbocycles. The molecule has 0 bridgehead atoms. The molecule has 15 heavy (non-hydrogen) atoms. The fourth-order valence-electron chi connectivity index (χ4n) is 1.37. The van der Waals surface area contributed by atoms with Gasteiger partial charge in [-0.2, -0.15) is 0 Å². The molecule has 80 valence electrons. The van der Waals surface area contributed by atoms with Crippen LogP contribution >= 0.6 is 0 Å². The van der Waals surface area contributed by atoms with Gasteiger partial charge < -0.3 is 19.9 Å². The van der Waals surface area contributed by atoms with E-state index in [1.165, 1.54) is 6.07 Å². The lowest BCUT2D eigenvalue weighted by Gasteiger charge is -2.05. The Hall–Kier alpha value is -1.91. The van der Waals surface area contributed by atoms with Crippen molar-refractivity contribution >= 4 is 11.7 Å². The number of nitrogen functional groups attached to an aromatic ring is 1. The Morgan fingerprint density at radius 1 is 1.53 bits per heavy atom. The molecule has 2 rings (SSSR count). The molecule has 0 aromatic heterocycles. The van der Waals surface area contributed by atoms with Crippen LogP contribution in [0, 0.1) is 0 Å². The number of hydrogen-bond acceptors (Lipinski definition) is 5. The van der Waals surface area contributed by atoms with E-state index >= 15 is 0 Å². The number of nitrogens with two attached hydrogens (primary N) is 1. The van der Waals surface area contributed by atoms with Gasteiger partial charge in [-0.3, -0.25) is 0 Å². The van der Waals surface area contributed by atoms with Gasteiger partial charge >= 0.3 is 5.97 Å². The SMILES string of the molecule is CCOC(=O)c1cc(N)c2c(c1)OCO2. The molecule has 2 N–H and O–H groups in total. The summed E-state index contributed by atoms with van der Waals surface area (Å²) < 4.78 is 15.1. The van der Waals surface area contributed by atoms with Gasteiger partial charge in [0.1, 0.15) is 0 Å². The van der Waals surface area contributed by atoms with E-state index in [0.29, 0.717) is 29.4 Å². The highest BCUT2D eigenvalue weighted by atomic mass is 16.7. The van der Waals surface area contributed by atoms with Crippen molar-refractivity contribution < 1.29 is 19.0 Å². The van der Waals surface area contributed by atoms with Crippen LogP contribution in [-0.4, -0.2) is 19.4 Å². The van der Waals surface area contributed by atoms with E-state index < -0.39 is 5.97 Å². The van der Waals surface area contributed by atoms with Crippen LogP contribution in [0.3, 0.4) is 0 Å². The Morgan fingerprint density at radius 2 is 2.33 bits per heavy atom. The maximum Gasteiger partial charge on any atom is 0.338 e. The number of fused-ring (bicyclic) bond motifs is 1. The van der Waals surface area contributed by atoms with Crippen molar-refractivity contribution in [1.29, 1.82) is 0 Å². The van der Waals surface area contributed by atoms with E-state index in [9.17, 15) is 4.79 Å². The number of carbonyl (C=O) groups excluding carboxylic acids is 1. The maximum absolute atomic E-state index is 11.4. The number of ether oxygens (including phenoxy) is 3. The Balaban J connectivity index is 2.35. The molecular formula is C10H11NO4. The summed E-state index contributed by atoms with van der Waals surface area (Å²) in [6.45, 7) is 2.20. The summed E-state index contributed by atoms with van der Waals surface area (Å²) in [5.41, 5.74) is 6.45. The third-order valence-electron chi connectivity index (χ3n) is 2.01. The quantitative estimate of drug-likeness (QED) is 0.584. The Kier molecular flexibility index (Phi) is 2.37. The van der Waals surface area contributed by atoms with Crippen LogP contribution in [-0.2, 0) is 4.74 Å². The molecule has 5 heteroatoms. The molecule has 1 aliphatic heterocycles. The van der Waals surface area contributed by atoms with Crippen molar-refractivity contribution in [2.24, 2.45) is 0 Å². The van der Waals surface area contributed by atoms with Crippen molar-refractivity contribution in [2.45, 2.75) is 6.92 Å². The molecule has 1 aromatic rings. The van der Waals surface area contributed by atoms with E-state index in [-0.39, 0.29) is 6.79 Å². The first kappa shape index (κ1) is 9.64. The van der Waals surface area contributed by atoms with Crippen molar-refractivity contribution in [2.75, 3.05) is 19.1 Å². The van der Waals surface area contributed by atoms with Gasteiger partial charge in [-0.15, -0.1) is 0 Å². The third kappa shape index (κ3) is 1.68. The molecule has 0 atom stereocenters. The van der Waals surface area contributed by atoms with Crippen molar-refractivity contribution in [1.82, 2.24) is 0 Å². The van der Waals surface area contributed by atoms with Crippen LogP contribution in [0.2, 0.25) is 0 Å². The van der Waals surface area contributed by atoms with E-state index in [1.54, 1.807) is 13.0 Å². The van der Waals surface area contributed by atoms with Crippen molar-refractivity contribution in [3.05, 3.63) is 17.7 Å². The number of anilines is 1. The summed E-state index contributed by atoms with van der Waals surface area (Å²) in [5.74, 6) is 0.559.